The zero-order valence-electron chi connectivity index (χ0n) is 8.45. The highest BCUT2D eigenvalue weighted by Gasteiger charge is 2.02. The smallest absolute Gasteiger partial charge is 0.237 e. The minimum Gasteiger partial charge on any atom is -0.386 e. The van der Waals surface area contributed by atoms with E-state index in [1.807, 2.05) is 0 Å². The fraction of sp³-hybridized carbons (Fsp3) is 0.100. The van der Waals surface area contributed by atoms with Crippen molar-refractivity contribution in [3.8, 4) is 12.1 Å². The molecule has 16 heavy (non-hydrogen) atoms. The monoisotopic (exact) mass is 217 g/mol. The third-order valence-electron chi connectivity index (χ3n) is 1.75. The van der Waals surface area contributed by atoms with E-state index >= 15 is 0 Å². The average molecular weight is 217 g/mol. The molecule has 1 aromatic carbocycles. The first-order chi connectivity index (χ1) is 7.71. The van der Waals surface area contributed by atoms with Gasteiger partial charge in [-0.1, -0.05) is 0 Å². The maximum atomic E-state index is 12.9. The highest BCUT2D eigenvalue weighted by Crippen LogP contribution is 2.21. The van der Waals surface area contributed by atoms with Crippen LogP contribution in [0.3, 0.4) is 0 Å². The first-order valence-corrected chi connectivity index (χ1v) is 4.32. The number of anilines is 2. The Morgan fingerprint density at radius 2 is 2.00 bits per heavy atom. The third kappa shape index (κ3) is 2.69. The van der Waals surface area contributed by atoms with Gasteiger partial charge in [0.15, 0.2) is 0 Å². The van der Waals surface area contributed by atoms with Crippen molar-refractivity contribution in [2.75, 3.05) is 17.8 Å². The number of hydrogen-bond donors (Lipinski definition) is 2. The van der Waals surface area contributed by atoms with Crippen molar-refractivity contribution in [3.63, 3.8) is 0 Å². The number of rotatable bonds is 3. The second-order valence-corrected chi connectivity index (χ2v) is 2.74. The van der Waals surface area contributed by atoms with Crippen LogP contribution in [0.2, 0.25) is 0 Å². The summed E-state index contributed by atoms with van der Waals surface area (Å²) in [7, 11) is 1.66. The SMILES string of the molecule is CNc1ccc(F)cc1NN=C(C#N)C#N. The molecule has 0 saturated heterocycles. The molecule has 0 fully saturated rings. The van der Waals surface area contributed by atoms with Crippen LogP contribution in [0.1, 0.15) is 0 Å². The molecule has 0 atom stereocenters. The van der Waals surface area contributed by atoms with Crippen LogP contribution >= 0.6 is 0 Å². The largest absolute Gasteiger partial charge is 0.386 e. The Hall–Kier alpha value is -2.60. The van der Waals surface area contributed by atoms with Gasteiger partial charge in [0, 0.05) is 13.1 Å². The van der Waals surface area contributed by atoms with Crippen molar-refractivity contribution in [3.05, 3.63) is 24.0 Å². The molecule has 0 amide bonds. The Balaban J connectivity index is 2.98. The lowest BCUT2D eigenvalue weighted by molar-refractivity contribution is 0.628. The summed E-state index contributed by atoms with van der Waals surface area (Å²) in [6.45, 7) is 0. The van der Waals surface area contributed by atoms with E-state index in [9.17, 15) is 4.39 Å². The molecule has 2 N–H and O–H groups in total. The van der Waals surface area contributed by atoms with Crippen LogP contribution in [-0.2, 0) is 0 Å². The molecular formula is C10H8FN5. The summed E-state index contributed by atoms with van der Waals surface area (Å²) < 4.78 is 12.9. The van der Waals surface area contributed by atoms with E-state index in [2.05, 4.69) is 15.8 Å². The van der Waals surface area contributed by atoms with Gasteiger partial charge in [0.1, 0.15) is 18.0 Å². The molecule has 0 bridgehead atoms. The fourth-order valence-electron chi connectivity index (χ4n) is 1.02. The molecule has 1 rings (SSSR count). The third-order valence-corrected chi connectivity index (χ3v) is 1.75. The Bertz CT molecular complexity index is 479. The quantitative estimate of drug-likeness (QED) is 0.596. The van der Waals surface area contributed by atoms with Crippen LogP contribution in [0.15, 0.2) is 23.3 Å². The van der Waals surface area contributed by atoms with E-state index in [0.717, 1.165) is 0 Å². The Morgan fingerprint density at radius 3 is 2.56 bits per heavy atom. The number of halogens is 1. The first kappa shape index (κ1) is 11.5. The van der Waals surface area contributed by atoms with Crippen molar-refractivity contribution >= 4 is 17.1 Å². The van der Waals surface area contributed by atoms with Crippen molar-refractivity contribution < 1.29 is 4.39 Å². The molecule has 6 heteroatoms. The van der Waals surface area contributed by atoms with Crippen LogP contribution in [0.25, 0.3) is 0 Å². The average Bonchev–Trinajstić information content (AvgIpc) is 2.30. The lowest BCUT2D eigenvalue weighted by Crippen LogP contribution is -2.00. The van der Waals surface area contributed by atoms with Gasteiger partial charge in [0.25, 0.3) is 0 Å². The van der Waals surface area contributed by atoms with Gasteiger partial charge in [-0.25, -0.2) is 4.39 Å². The minimum atomic E-state index is -0.438. The summed E-state index contributed by atoms with van der Waals surface area (Å²) in [6.07, 6.45) is 0. The number of hydrogen-bond acceptors (Lipinski definition) is 5. The van der Waals surface area contributed by atoms with Crippen molar-refractivity contribution in [1.29, 1.82) is 10.5 Å². The summed E-state index contributed by atoms with van der Waals surface area (Å²) in [5.74, 6) is -0.438. The second-order valence-electron chi connectivity index (χ2n) is 2.74. The molecule has 1 aromatic rings. The zero-order chi connectivity index (χ0) is 12.0. The molecule has 0 unspecified atom stereocenters. The molecule has 0 aliphatic carbocycles. The normalized spacial score (nSPS) is 8.50. The Morgan fingerprint density at radius 1 is 1.31 bits per heavy atom. The number of nitrogens with zero attached hydrogens (tertiary/aromatic N) is 3. The van der Waals surface area contributed by atoms with Gasteiger partial charge in [0.05, 0.1) is 11.4 Å². The molecule has 0 aliphatic heterocycles. The summed E-state index contributed by atoms with van der Waals surface area (Å²) in [6, 6.07) is 7.19. The number of nitriles is 2. The lowest BCUT2D eigenvalue weighted by Gasteiger charge is -2.07. The van der Waals surface area contributed by atoms with E-state index < -0.39 is 5.82 Å². The molecule has 0 saturated carbocycles. The zero-order valence-corrected chi connectivity index (χ0v) is 8.45. The first-order valence-electron chi connectivity index (χ1n) is 4.32. The predicted octanol–water partition coefficient (Wildman–Crippen LogP) is 1.68. The molecule has 0 aromatic heterocycles. The lowest BCUT2D eigenvalue weighted by atomic mass is 10.2. The summed E-state index contributed by atoms with van der Waals surface area (Å²) in [4.78, 5) is 0. The maximum Gasteiger partial charge on any atom is 0.237 e. The fourth-order valence-corrected chi connectivity index (χ4v) is 1.02. The van der Waals surface area contributed by atoms with Crippen molar-refractivity contribution in [2.24, 2.45) is 5.10 Å². The molecular weight excluding hydrogens is 209 g/mol. The Kier molecular flexibility index (Phi) is 3.82. The standard InChI is InChI=1S/C10H8FN5/c1-14-9-3-2-7(11)4-10(9)16-15-8(5-12)6-13/h2-4,14,16H,1H3. The van der Waals surface area contributed by atoms with Crippen molar-refractivity contribution in [2.45, 2.75) is 0 Å². The maximum absolute atomic E-state index is 12.9. The molecule has 80 valence electrons. The minimum absolute atomic E-state index is 0.327. The van der Waals surface area contributed by atoms with Crippen LogP contribution in [-0.4, -0.2) is 12.8 Å². The summed E-state index contributed by atoms with van der Waals surface area (Å²) in [5.41, 5.74) is 3.08. The van der Waals surface area contributed by atoms with Gasteiger partial charge >= 0.3 is 0 Å². The second kappa shape index (κ2) is 5.32. The van der Waals surface area contributed by atoms with Crippen LogP contribution < -0.4 is 10.7 Å². The van der Waals surface area contributed by atoms with E-state index in [-0.39, 0.29) is 5.71 Å². The highest BCUT2D eigenvalue weighted by atomic mass is 19.1. The Labute approximate surface area is 91.8 Å². The van der Waals surface area contributed by atoms with Gasteiger partial charge < -0.3 is 5.32 Å². The van der Waals surface area contributed by atoms with Gasteiger partial charge in [-0.3, -0.25) is 5.43 Å². The predicted molar refractivity (Wildman–Crippen MR) is 58.2 cm³/mol. The van der Waals surface area contributed by atoms with Crippen LogP contribution in [0.4, 0.5) is 15.8 Å². The van der Waals surface area contributed by atoms with Crippen molar-refractivity contribution in [1.82, 2.24) is 0 Å². The summed E-state index contributed by atoms with van der Waals surface area (Å²) >= 11 is 0. The summed E-state index contributed by atoms with van der Waals surface area (Å²) in [5, 5.41) is 23.2. The van der Waals surface area contributed by atoms with Crippen LogP contribution in [0, 0.1) is 28.5 Å². The number of benzene rings is 1. The molecule has 0 radical (unpaired) electrons. The van der Waals surface area contributed by atoms with E-state index in [1.165, 1.54) is 18.2 Å². The molecule has 0 spiro atoms. The van der Waals surface area contributed by atoms with Gasteiger partial charge in [-0.15, -0.1) is 0 Å². The van der Waals surface area contributed by atoms with E-state index in [4.69, 9.17) is 10.5 Å². The topological polar surface area (TPSA) is 84.0 Å². The van der Waals surface area contributed by atoms with E-state index in [0.29, 0.717) is 11.4 Å². The van der Waals surface area contributed by atoms with Gasteiger partial charge in [-0.2, -0.15) is 15.6 Å². The van der Waals surface area contributed by atoms with Gasteiger partial charge in [0.2, 0.25) is 5.71 Å². The molecule has 0 heterocycles. The van der Waals surface area contributed by atoms with Crippen LogP contribution in [0.5, 0.6) is 0 Å². The highest BCUT2D eigenvalue weighted by molar-refractivity contribution is 6.10. The molecule has 0 aliphatic rings. The molecule has 5 nitrogen and oxygen atoms in total. The van der Waals surface area contributed by atoms with E-state index in [1.54, 1.807) is 19.2 Å². The number of hydrazone groups is 1. The number of nitrogens with one attached hydrogen (secondary N) is 2. The van der Waals surface area contributed by atoms with Gasteiger partial charge in [-0.05, 0) is 12.1 Å².